The average molecular weight is 454 g/mol. The Bertz CT molecular complexity index is 1080. The monoisotopic (exact) mass is 453 g/mol. The number of halogens is 1. The van der Waals surface area contributed by atoms with E-state index in [0.717, 1.165) is 11.1 Å². The van der Waals surface area contributed by atoms with Crippen molar-refractivity contribution in [2.24, 2.45) is 16.6 Å². The number of benzene rings is 2. The van der Waals surface area contributed by atoms with Gasteiger partial charge >= 0.3 is 6.03 Å². The third-order valence-electron chi connectivity index (χ3n) is 5.53. The molecule has 1 heterocycles. The molecule has 1 aliphatic heterocycles. The van der Waals surface area contributed by atoms with Gasteiger partial charge in [-0.2, -0.15) is 0 Å². The Hall–Kier alpha value is -3.42. The average Bonchev–Trinajstić information content (AvgIpc) is 2.89. The van der Waals surface area contributed by atoms with Crippen molar-refractivity contribution in [3.63, 3.8) is 0 Å². The largest absolute Gasteiger partial charge is 0.369 e. The first kappa shape index (κ1) is 24.2. The predicted octanol–water partition coefficient (Wildman–Crippen LogP) is 4.23. The molecule has 3 amide bonds. The van der Waals surface area contributed by atoms with Crippen LogP contribution in [0.1, 0.15) is 49.4 Å². The van der Waals surface area contributed by atoms with Crippen molar-refractivity contribution in [2.45, 2.75) is 59.7 Å². The number of carbonyl (C=O) groups is 2. The van der Waals surface area contributed by atoms with Gasteiger partial charge in [-0.1, -0.05) is 32.0 Å². The van der Waals surface area contributed by atoms with Crippen LogP contribution in [0.5, 0.6) is 0 Å². The normalized spacial score (nSPS) is 18.0. The number of rotatable bonds is 7. The summed E-state index contributed by atoms with van der Waals surface area (Å²) in [4.78, 5) is 30.8. The Morgan fingerprint density at radius 1 is 1.18 bits per heavy atom. The number of amides is 3. The Labute approximate surface area is 194 Å². The molecule has 0 fully saturated rings. The van der Waals surface area contributed by atoms with E-state index in [-0.39, 0.29) is 36.9 Å². The molecule has 176 valence electrons. The van der Waals surface area contributed by atoms with E-state index in [1.165, 1.54) is 11.0 Å². The molecule has 4 N–H and O–H groups in total. The number of carbonyl (C=O) groups excluding carboxylic acids is 2. The van der Waals surface area contributed by atoms with Gasteiger partial charge in [0.1, 0.15) is 11.4 Å². The summed E-state index contributed by atoms with van der Waals surface area (Å²) in [6.07, 6.45) is 0.570. The quantitative estimate of drug-likeness (QED) is 0.585. The van der Waals surface area contributed by atoms with Crippen molar-refractivity contribution in [2.75, 3.05) is 5.32 Å². The minimum atomic E-state index is -0.915. The molecule has 8 heteroatoms. The predicted molar refractivity (Wildman–Crippen MR) is 128 cm³/mol. The second kappa shape index (κ2) is 9.60. The second-order valence-corrected chi connectivity index (χ2v) is 9.34. The van der Waals surface area contributed by atoms with Crippen LogP contribution in [0.2, 0.25) is 0 Å². The highest BCUT2D eigenvalue weighted by atomic mass is 19.1. The van der Waals surface area contributed by atoms with Gasteiger partial charge < -0.3 is 16.4 Å². The van der Waals surface area contributed by atoms with Gasteiger partial charge in [0.05, 0.1) is 6.54 Å². The maximum atomic E-state index is 14.8. The van der Waals surface area contributed by atoms with Crippen LogP contribution < -0.4 is 16.4 Å². The van der Waals surface area contributed by atoms with Crippen LogP contribution in [0.15, 0.2) is 41.4 Å². The highest BCUT2D eigenvalue weighted by molar-refractivity contribution is 6.06. The molecule has 0 aromatic heterocycles. The smallest absolute Gasteiger partial charge is 0.319 e. The van der Waals surface area contributed by atoms with Crippen molar-refractivity contribution in [1.82, 2.24) is 10.2 Å². The molecular weight excluding hydrogens is 421 g/mol. The fourth-order valence-corrected chi connectivity index (χ4v) is 4.24. The molecule has 0 saturated carbocycles. The van der Waals surface area contributed by atoms with Crippen molar-refractivity contribution >= 4 is 23.6 Å². The van der Waals surface area contributed by atoms with E-state index < -0.39 is 11.4 Å². The highest BCUT2D eigenvalue weighted by Crippen LogP contribution is 2.29. The van der Waals surface area contributed by atoms with E-state index >= 15 is 0 Å². The van der Waals surface area contributed by atoms with Crippen molar-refractivity contribution in [3.05, 3.63) is 64.5 Å². The Morgan fingerprint density at radius 3 is 2.45 bits per heavy atom. The molecule has 1 aliphatic rings. The van der Waals surface area contributed by atoms with Gasteiger partial charge in [0.15, 0.2) is 5.96 Å². The third-order valence-corrected chi connectivity index (χ3v) is 5.53. The lowest BCUT2D eigenvalue weighted by molar-refractivity contribution is -0.131. The number of nitrogens with zero attached hydrogens (tertiary/aromatic N) is 2. The molecule has 0 bridgehead atoms. The topological polar surface area (TPSA) is 99.8 Å². The molecule has 0 radical (unpaired) electrons. The van der Waals surface area contributed by atoms with E-state index in [2.05, 4.69) is 15.6 Å². The summed E-state index contributed by atoms with van der Waals surface area (Å²) in [7, 11) is 0. The second-order valence-electron chi connectivity index (χ2n) is 9.34. The molecular formula is C25H32FN5O2. The van der Waals surface area contributed by atoms with Gasteiger partial charge in [0, 0.05) is 17.8 Å². The summed E-state index contributed by atoms with van der Waals surface area (Å²) in [5.74, 6) is -0.313. The zero-order chi connectivity index (χ0) is 24.3. The molecule has 0 saturated heterocycles. The number of anilines is 1. The van der Waals surface area contributed by atoms with Crippen LogP contribution in [0.25, 0.3) is 0 Å². The third kappa shape index (κ3) is 5.88. The standard InChI is InChI=1S/C25H32FN5O2/c1-15(2)12-25(5)22(32)31(23(27)30-25)14-19-7-6-18(11-21(19)26)13-28-24(33)29-20-9-16(3)8-17(4)10-20/h6-11,15H,12-14H2,1-5H3,(H2,27,30)(H2,28,29,33). The van der Waals surface area contributed by atoms with Crippen LogP contribution >= 0.6 is 0 Å². The summed E-state index contributed by atoms with van der Waals surface area (Å²) < 4.78 is 14.8. The number of nitrogens with one attached hydrogen (secondary N) is 2. The maximum absolute atomic E-state index is 14.8. The highest BCUT2D eigenvalue weighted by Gasteiger charge is 2.44. The molecule has 7 nitrogen and oxygen atoms in total. The lowest BCUT2D eigenvalue weighted by Gasteiger charge is -2.23. The van der Waals surface area contributed by atoms with Gasteiger partial charge in [-0.25, -0.2) is 14.2 Å². The molecule has 2 aromatic carbocycles. The van der Waals surface area contributed by atoms with Gasteiger partial charge in [0.2, 0.25) is 0 Å². The number of guanidine groups is 1. The van der Waals surface area contributed by atoms with Gasteiger partial charge in [-0.15, -0.1) is 0 Å². The first-order valence-corrected chi connectivity index (χ1v) is 11.0. The number of hydrogen-bond donors (Lipinski definition) is 3. The first-order chi connectivity index (χ1) is 15.5. The zero-order valence-electron chi connectivity index (χ0n) is 19.8. The lowest BCUT2D eigenvalue weighted by atomic mass is 9.91. The summed E-state index contributed by atoms with van der Waals surface area (Å²) in [5, 5.41) is 5.51. The van der Waals surface area contributed by atoms with E-state index in [9.17, 15) is 14.0 Å². The zero-order valence-corrected chi connectivity index (χ0v) is 19.8. The van der Waals surface area contributed by atoms with E-state index in [4.69, 9.17) is 5.73 Å². The van der Waals surface area contributed by atoms with Crippen LogP contribution in [0.4, 0.5) is 14.9 Å². The fraction of sp³-hybridized carbons (Fsp3) is 0.400. The van der Waals surface area contributed by atoms with E-state index in [1.54, 1.807) is 19.1 Å². The van der Waals surface area contributed by atoms with Crippen molar-refractivity contribution in [3.8, 4) is 0 Å². The van der Waals surface area contributed by atoms with E-state index in [0.29, 0.717) is 23.2 Å². The van der Waals surface area contributed by atoms with Gasteiger partial charge in [-0.05, 0) is 68.0 Å². The Kier molecular flexibility index (Phi) is 7.05. The molecule has 33 heavy (non-hydrogen) atoms. The number of urea groups is 1. The number of nitrogens with two attached hydrogens (primary N) is 1. The van der Waals surface area contributed by atoms with Crippen LogP contribution in [-0.2, 0) is 17.9 Å². The Morgan fingerprint density at radius 2 is 1.85 bits per heavy atom. The lowest BCUT2D eigenvalue weighted by Crippen LogP contribution is -2.43. The molecule has 1 atom stereocenters. The molecule has 0 spiro atoms. The van der Waals surface area contributed by atoms with Crippen molar-refractivity contribution in [1.29, 1.82) is 0 Å². The molecule has 3 rings (SSSR count). The van der Waals surface area contributed by atoms with Crippen LogP contribution in [-0.4, -0.2) is 28.3 Å². The molecule has 0 aliphatic carbocycles. The minimum absolute atomic E-state index is 0.00852. The van der Waals surface area contributed by atoms with Gasteiger partial charge in [-0.3, -0.25) is 9.69 Å². The minimum Gasteiger partial charge on any atom is -0.369 e. The SMILES string of the molecule is Cc1cc(C)cc(NC(=O)NCc2ccc(CN3C(=O)C(C)(CC(C)C)N=C3N)c(F)c2)c1. The fourth-order valence-electron chi connectivity index (χ4n) is 4.24. The summed E-state index contributed by atoms with van der Waals surface area (Å²) in [6.45, 7) is 9.88. The molecule has 2 aromatic rings. The van der Waals surface area contributed by atoms with Crippen LogP contribution in [0.3, 0.4) is 0 Å². The first-order valence-electron chi connectivity index (χ1n) is 11.0. The van der Waals surface area contributed by atoms with Crippen molar-refractivity contribution < 1.29 is 14.0 Å². The molecule has 1 unspecified atom stereocenters. The summed E-state index contributed by atoms with van der Waals surface area (Å²) in [5.41, 5.74) is 8.81. The van der Waals surface area contributed by atoms with E-state index in [1.807, 2.05) is 45.9 Å². The summed E-state index contributed by atoms with van der Waals surface area (Å²) in [6, 6.07) is 10.1. The number of hydrogen-bond acceptors (Lipinski definition) is 4. The van der Waals surface area contributed by atoms with Crippen LogP contribution in [0, 0.1) is 25.6 Å². The number of aryl methyl sites for hydroxylation is 2. The van der Waals surface area contributed by atoms with Gasteiger partial charge in [0.25, 0.3) is 5.91 Å². The Balaban J connectivity index is 1.60. The summed E-state index contributed by atoms with van der Waals surface area (Å²) >= 11 is 0. The number of aliphatic imine (C=N–C) groups is 1. The maximum Gasteiger partial charge on any atom is 0.319 e.